The highest BCUT2D eigenvalue weighted by Crippen LogP contribution is 2.27. The Morgan fingerprint density at radius 1 is 1.14 bits per heavy atom. The minimum atomic E-state index is 0.215. The molecule has 0 amide bonds. The van der Waals surface area contributed by atoms with Crippen molar-refractivity contribution in [2.24, 2.45) is 0 Å². The van der Waals surface area contributed by atoms with E-state index >= 15 is 0 Å². The Hall–Kier alpha value is -2.46. The van der Waals surface area contributed by atoms with Crippen LogP contribution in [0, 0.1) is 0 Å². The van der Waals surface area contributed by atoms with Crippen molar-refractivity contribution in [2.75, 3.05) is 7.05 Å². The highest BCUT2D eigenvalue weighted by Gasteiger charge is 2.15. The molecule has 1 atom stereocenters. The maximum atomic E-state index is 5.55. The molecule has 112 valence electrons. The van der Waals surface area contributed by atoms with E-state index in [0.717, 1.165) is 23.6 Å². The molecule has 3 aromatic rings. The van der Waals surface area contributed by atoms with Gasteiger partial charge in [-0.05, 0) is 37.7 Å². The Bertz CT molecular complexity index is 710. The average Bonchev–Trinajstić information content (AvgIpc) is 3.10. The standard InChI is InChI=1S/C18H19N3O/c1-14(17-9-10-19-13-20-17)21(2)12-15-6-3-4-7-16(15)18-8-5-11-22-18/h3-11,13-14H,12H2,1-2H3/t14-/m0/s1. The maximum absolute atomic E-state index is 5.55. The minimum Gasteiger partial charge on any atom is -0.464 e. The van der Waals surface area contributed by atoms with E-state index in [0.29, 0.717) is 0 Å². The molecule has 0 unspecified atom stereocenters. The fraction of sp³-hybridized carbons (Fsp3) is 0.222. The lowest BCUT2D eigenvalue weighted by Gasteiger charge is -2.25. The largest absolute Gasteiger partial charge is 0.464 e. The van der Waals surface area contributed by atoms with E-state index in [2.05, 4.69) is 47.0 Å². The Kier molecular flexibility index (Phi) is 4.30. The Balaban J connectivity index is 1.82. The first-order chi connectivity index (χ1) is 10.8. The van der Waals surface area contributed by atoms with E-state index in [-0.39, 0.29) is 6.04 Å². The second-order valence-corrected chi connectivity index (χ2v) is 5.36. The molecule has 0 saturated carbocycles. The van der Waals surface area contributed by atoms with E-state index < -0.39 is 0 Å². The number of hydrogen-bond acceptors (Lipinski definition) is 4. The van der Waals surface area contributed by atoms with Gasteiger partial charge < -0.3 is 4.42 Å². The lowest BCUT2D eigenvalue weighted by atomic mass is 10.0. The summed E-state index contributed by atoms with van der Waals surface area (Å²) in [6.07, 6.45) is 5.08. The smallest absolute Gasteiger partial charge is 0.134 e. The van der Waals surface area contributed by atoms with Crippen molar-refractivity contribution in [3.8, 4) is 11.3 Å². The van der Waals surface area contributed by atoms with Crippen LogP contribution in [-0.2, 0) is 6.54 Å². The molecule has 4 heteroatoms. The normalized spacial score (nSPS) is 12.5. The van der Waals surface area contributed by atoms with Gasteiger partial charge in [0.15, 0.2) is 0 Å². The van der Waals surface area contributed by atoms with Crippen molar-refractivity contribution in [3.63, 3.8) is 0 Å². The van der Waals surface area contributed by atoms with Crippen LogP contribution in [0.4, 0.5) is 0 Å². The molecule has 0 aliphatic carbocycles. The number of aromatic nitrogens is 2. The quantitative estimate of drug-likeness (QED) is 0.715. The fourth-order valence-corrected chi connectivity index (χ4v) is 2.51. The van der Waals surface area contributed by atoms with E-state index in [1.807, 2.05) is 24.3 Å². The summed E-state index contributed by atoms with van der Waals surface area (Å²) >= 11 is 0. The third kappa shape index (κ3) is 3.07. The van der Waals surface area contributed by atoms with Crippen LogP contribution in [-0.4, -0.2) is 21.9 Å². The van der Waals surface area contributed by atoms with Gasteiger partial charge in [-0.25, -0.2) is 9.97 Å². The molecule has 0 fully saturated rings. The molecule has 0 saturated heterocycles. The monoisotopic (exact) mass is 293 g/mol. The second-order valence-electron chi connectivity index (χ2n) is 5.36. The van der Waals surface area contributed by atoms with Crippen LogP contribution in [0.25, 0.3) is 11.3 Å². The van der Waals surface area contributed by atoms with Gasteiger partial charge in [0.05, 0.1) is 12.0 Å². The van der Waals surface area contributed by atoms with Crippen LogP contribution >= 0.6 is 0 Å². The van der Waals surface area contributed by atoms with Crippen molar-refractivity contribution in [1.29, 1.82) is 0 Å². The molecule has 0 spiro atoms. The highest BCUT2D eigenvalue weighted by molar-refractivity contribution is 5.61. The van der Waals surface area contributed by atoms with E-state index in [1.54, 1.807) is 18.8 Å². The number of nitrogens with zero attached hydrogens (tertiary/aromatic N) is 3. The summed E-state index contributed by atoms with van der Waals surface area (Å²) in [6.45, 7) is 2.97. The van der Waals surface area contributed by atoms with Gasteiger partial charge in [0.1, 0.15) is 12.1 Å². The molecule has 0 aliphatic rings. The van der Waals surface area contributed by atoms with E-state index in [4.69, 9.17) is 4.42 Å². The van der Waals surface area contributed by atoms with Gasteiger partial charge in [-0.1, -0.05) is 24.3 Å². The summed E-state index contributed by atoms with van der Waals surface area (Å²) in [7, 11) is 2.10. The van der Waals surface area contributed by atoms with Gasteiger partial charge in [0, 0.05) is 24.3 Å². The minimum absolute atomic E-state index is 0.215. The van der Waals surface area contributed by atoms with Crippen LogP contribution in [0.1, 0.15) is 24.2 Å². The van der Waals surface area contributed by atoms with Crippen LogP contribution in [0.5, 0.6) is 0 Å². The van der Waals surface area contributed by atoms with Crippen LogP contribution in [0.3, 0.4) is 0 Å². The predicted molar refractivity (Wildman–Crippen MR) is 86.1 cm³/mol. The summed E-state index contributed by atoms with van der Waals surface area (Å²) in [5.41, 5.74) is 3.39. The molecule has 2 heterocycles. The second kappa shape index (κ2) is 6.54. The first-order valence-corrected chi connectivity index (χ1v) is 7.33. The molecule has 22 heavy (non-hydrogen) atoms. The topological polar surface area (TPSA) is 42.2 Å². The summed E-state index contributed by atoms with van der Waals surface area (Å²) in [6, 6.07) is 14.4. The Morgan fingerprint density at radius 3 is 2.73 bits per heavy atom. The Morgan fingerprint density at radius 2 is 2.00 bits per heavy atom. The van der Waals surface area contributed by atoms with Crippen LogP contribution in [0.2, 0.25) is 0 Å². The number of hydrogen-bond donors (Lipinski definition) is 0. The van der Waals surface area contributed by atoms with E-state index in [9.17, 15) is 0 Å². The fourth-order valence-electron chi connectivity index (χ4n) is 2.51. The third-order valence-corrected chi connectivity index (χ3v) is 3.92. The zero-order valence-electron chi connectivity index (χ0n) is 12.8. The van der Waals surface area contributed by atoms with Crippen molar-refractivity contribution in [2.45, 2.75) is 19.5 Å². The summed E-state index contributed by atoms with van der Waals surface area (Å²) in [5, 5.41) is 0. The highest BCUT2D eigenvalue weighted by atomic mass is 16.3. The van der Waals surface area contributed by atoms with Crippen molar-refractivity contribution >= 4 is 0 Å². The van der Waals surface area contributed by atoms with Gasteiger partial charge in [-0.3, -0.25) is 4.90 Å². The first kappa shape index (κ1) is 14.5. The molecule has 0 radical (unpaired) electrons. The zero-order chi connectivity index (χ0) is 15.4. The average molecular weight is 293 g/mol. The number of benzene rings is 1. The first-order valence-electron chi connectivity index (χ1n) is 7.33. The molecular formula is C18H19N3O. The molecule has 0 aliphatic heterocycles. The molecular weight excluding hydrogens is 274 g/mol. The van der Waals surface area contributed by atoms with Gasteiger partial charge in [0.2, 0.25) is 0 Å². The summed E-state index contributed by atoms with van der Waals surface area (Å²) in [5.74, 6) is 0.902. The molecule has 3 rings (SSSR count). The SMILES string of the molecule is C[C@@H](c1ccncn1)N(C)Cc1ccccc1-c1ccco1. The number of rotatable bonds is 5. The maximum Gasteiger partial charge on any atom is 0.134 e. The van der Waals surface area contributed by atoms with Gasteiger partial charge in [-0.2, -0.15) is 0 Å². The zero-order valence-corrected chi connectivity index (χ0v) is 12.8. The molecule has 1 aromatic carbocycles. The molecule has 0 bridgehead atoms. The third-order valence-electron chi connectivity index (χ3n) is 3.92. The Labute approximate surface area is 130 Å². The summed E-state index contributed by atoms with van der Waals surface area (Å²) in [4.78, 5) is 10.6. The lowest BCUT2D eigenvalue weighted by molar-refractivity contribution is 0.248. The lowest BCUT2D eigenvalue weighted by Crippen LogP contribution is -2.23. The van der Waals surface area contributed by atoms with Crippen LogP contribution < -0.4 is 0 Å². The van der Waals surface area contributed by atoms with Crippen molar-refractivity contribution in [3.05, 3.63) is 72.5 Å². The van der Waals surface area contributed by atoms with Gasteiger partial charge in [-0.15, -0.1) is 0 Å². The van der Waals surface area contributed by atoms with Crippen molar-refractivity contribution < 1.29 is 4.42 Å². The van der Waals surface area contributed by atoms with Gasteiger partial charge >= 0.3 is 0 Å². The van der Waals surface area contributed by atoms with Crippen LogP contribution in [0.15, 0.2) is 65.7 Å². The van der Waals surface area contributed by atoms with Gasteiger partial charge in [0.25, 0.3) is 0 Å². The summed E-state index contributed by atoms with van der Waals surface area (Å²) < 4.78 is 5.55. The van der Waals surface area contributed by atoms with Crippen molar-refractivity contribution in [1.82, 2.24) is 14.9 Å². The molecule has 0 N–H and O–H groups in total. The predicted octanol–water partition coefficient (Wildman–Crippen LogP) is 3.93. The van der Waals surface area contributed by atoms with E-state index in [1.165, 1.54) is 5.56 Å². The number of furan rings is 1. The molecule has 2 aromatic heterocycles. The molecule has 4 nitrogen and oxygen atoms in total.